The maximum Gasteiger partial charge on any atom is 0.253 e. The van der Waals surface area contributed by atoms with Crippen LogP contribution in [-0.2, 0) is 0 Å². The molecule has 1 saturated heterocycles. The lowest BCUT2D eigenvalue weighted by Gasteiger charge is -2.32. The Hall–Kier alpha value is -0.580. The standard InChI is InChI=1S/C12H15BrN2O.ClH/c1-14-5-7-15(8-6-14)12(16)10-3-2-4-11(13)9-10;/h2-4,9H,5-8H2,1H3;1H/p-1. The van der Waals surface area contributed by atoms with Crippen molar-refractivity contribution in [2.24, 2.45) is 0 Å². The van der Waals surface area contributed by atoms with E-state index in [1.54, 1.807) is 0 Å². The SMILES string of the molecule is CN1CCN(C(=O)c2cccc(Br)c2)CC1.[Cl-]. The average molecular weight is 319 g/mol. The van der Waals surface area contributed by atoms with Crippen molar-refractivity contribution >= 4 is 21.8 Å². The van der Waals surface area contributed by atoms with Crippen LogP contribution in [0.3, 0.4) is 0 Å². The number of benzene rings is 1. The van der Waals surface area contributed by atoms with E-state index in [2.05, 4.69) is 27.9 Å². The molecule has 1 amide bonds. The minimum atomic E-state index is 0. The normalized spacial score (nSPS) is 16.5. The number of carbonyl (C=O) groups is 1. The first-order valence-electron chi connectivity index (χ1n) is 5.40. The van der Waals surface area contributed by atoms with E-state index in [0.29, 0.717) is 0 Å². The molecule has 94 valence electrons. The topological polar surface area (TPSA) is 23.6 Å². The molecule has 0 bridgehead atoms. The highest BCUT2D eigenvalue weighted by molar-refractivity contribution is 9.10. The quantitative estimate of drug-likeness (QED) is 0.652. The lowest BCUT2D eigenvalue weighted by molar-refractivity contribution is -0.0000138. The Kier molecular flexibility index (Phi) is 5.43. The molecule has 1 heterocycles. The number of hydrogen-bond acceptors (Lipinski definition) is 2. The fourth-order valence-corrected chi connectivity index (χ4v) is 2.21. The highest BCUT2D eigenvalue weighted by Crippen LogP contribution is 2.14. The lowest BCUT2D eigenvalue weighted by atomic mass is 10.2. The number of rotatable bonds is 1. The second-order valence-corrected chi connectivity index (χ2v) is 5.02. The molecule has 1 aromatic carbocycles. The van der Waals surface area contributed by atoms with E-state index in [-0.39, 0.29) is 18.3 Å². The predicted octanol–water partition coefficient (Wildman–Crippen LogP) is -1.16. The van der Waals surface area contributed by atoms with Crippen molar-refractivity contribution in [1.82, 2.24) is 9.80 Å². The van der Waals surface area contributed by atoms with Gasteiger partial charge >= 0.3 is 0 Å². The first-order valence-corrected chi connectivity index (χ1v) is 6.19. The molecule has 1 fully saturated rings. The summed E-state index contributed by atoms with van der Waals surface area (Å²) in [6.07, 6.45) is 0. The molecule has 0 atom stereocenters. The molecule has 0 unspecified atom stereocenters. The van der Waals surface area contributed by atoms with Gasteiger partial charge in [0.2, 0.25) is 0 Å². The zero-order valence-electron chi connectivity index (χ0n) is 9.70. The van der Waals surface area contributed by atoms with E-state index >= 15 is 0 Å². The molecule has 0 N–H and O–H groups in total. The van der Waals surface area contributed by atoms with E-state index in [4.69, 9.17) is 0 Å². The minimum Gasteiger partial charge on any atom is -1.00 e. The van der Waals surface area contributed by atoms with Crippen LogP contribution >= 0.6 is 15.9 Å². The van der Waals surface area contributed by atoms with Crippen molar-refractivity contribution in [2.75, 3.05) is 33.2 Å². The van der Waals surface area contributed by atoms with Gasteiger partial charge in [-0.05, 0) is 25.2 Å². The molecule has 5 heteroatoms. The minimum absolute atomic E-state index is 0. The predicted molar refractivity (Wildman–Crippen MR) is 67.5 cm³/mol. The van der Waals surface area contributed by atoms with Crippen molar-refractivity contribution in [3.63, 3.8) is 0 Å². The first kappa shape index (κ1) is 14.5. The Labute approximate surface area is 116 Å². The van der Waals surface area contributed by atoms with Gasteiger partial charge < -0.3 is 22.2 Å². The van der Waals surface area contributed by atoms with Gasteiger partial charge in [0, 0.05) is 36.2 Å². The van der Waals surface area contributed by atoms with Gasteiger partial charge in [-0.25, -0.2) is 0 Å². The summed E-state index contributed by atoms with van der Waals surface area (Å²) < 4.78 is 0.951. The molecular formula is C12H15BrClN2O-. The molecule has 1 aliphatic rings. The third-order valence-electron chi connectivity index (χ3n) is 2.86. The van der Waals surface area contributed by atoms with Gasteiger partial charge in [-0.2, -0.15) is 0 Å². The smallest absolute Gasteiger partial charge is 0.253 e. The number of likely N-dealkylation sites (N-methyl/N-ethyl adjacent to an activating group) is 1. The number of halogens is 2. The van der Waals surface area contributed by atoms with Crippen LogP contribution in [0.2, 0.25) is 0 Å². The Bertz CT molecular complexity index is 392. The van der Waals surface area contributed by atoms with Gasteiger partial charge in [-0.1, -0.05) is 22.0 Å². The summed E-state index contributed by atoms with van der Waals surface area (Å²) in [5.74, 6) is 0.134. The third kappa shape index (κ3) is 3.69. The number of hydrogen-bond donors (Lipinski definition) is 0. The molecule has 0 spiro atoms. The molecule has 2 rings (SSSR count). The molecule has 0 radical (unpaired) electrons. The number of piperazine rings is 1. The van der Waals surface area contributed by atoms with Crippen LogP contribution in [0.5, 0.6) is 0 Å². The van der Waals surface area contributed by atoms with Crippen molar-refractivity contribution < 1.29 is 17.2 Å². The summed E-state index contributed by atoms with van der Waals surface area (Å²) in [4.78, 5) is 16.3. The van der Waals surface area contributed by atoms with E-state index in [1.165, 1.54) is 0 Å². The fourth-order valence-electron chi connectivity index (χ4n) is 1.81. The molecular weight excluding hydrogens is 304 g/mol. The first-order chi connectivity index (χ1) is 7.66. The van der Waals surface area contributed by atoms with Crippen molar-refractivity contribution in [3.8, 4) is 0 Å². The highest BCUT2D eigenvalue weighted by Gasteiger charge is 2.20. The molecule has 17 heavy (non-hydrogen) atoms. The summed E-state index contributed by atoms with van der Waals surface area (Å²) in [6, 6.07) is 7.57. The number of nitrogens with zero attached hydrogens (tertiary/aromatic N) is 2. The maximum atomic E-state index is 12.1. The zero-order chi connectivity index (χ0) is 11.5. The number of amides is 1. The Morgan fingerprint density at radius 2 is 1.88 bits per heavy atom. The molecule has 1 aliphatic heterocycles. The van der Waals surface area contributed by atoms with Crippen LogP contribution in [0.15, 0.2) is 28.7 Å². The Morgan fingerprint density at radius 3 is 2.47 bits per heavy atom. The van der Waals surface area contributed by atoms with Gasteiger partial charge in [-0.3, -0.25) is 4.79 Å². The van der Waals surface area contributed by atoms with Crippen LogP contribution in [0.4, 0.5) is 0 Å². The van der Waals surface area contributed by atoms with Gasteiger partial charge in [0.05, 0.1) is 0 Å². The van der Waals surface area contributed by atoms with E-state index in [0.717, 1.165) is 36.2 Å². The highest BCUT2D eigenvalue weighted by atomic mass is 79.9. The Morgan fingerprint density at radius 1 is 1.24 bits per heavy atom. The summed E-state index contributed by atoms with van der Waals surface area (Å²) in [5, 5.41) is 0. The molecule has 1 aromatic rings. The summed E-state index contributed by atoms with van der Waals surface area (Å²) in [6.45, 7) is 3.56. The second-order valence-electron chi connectivity index (χ2n) is 4.11. The monoisotopic (exact) mass is 317 g/mol. The van der Waals surface area contributed by atoms with Gasteiger partial charge in [0.15, 0.2) is 0 Å². The third-order valence-corrected chi connectivity index (χ3v) is 3.36. The summed E-state index contributed by atoms with van der Waals surface area (Å²) in [7, 11) is 2.08. The van der Waals surface area contributed by atoms with Crippen molar-refractivity contribution in [2.45, 2.75) is 0 Å². The molecule has 3 nitrogen and oxygen atoms in total. The molecule has 0 aromatic heterocycles. The van der Waals surface area contributed by atoms with Crippen LogP contribution < -0.4 is 12.4 Å². The van der Waals surface area contributed by atoms with Gasteiger partial charge in [0.1, 0.15) is 0 Å². The molecule has 0 saturated carbocycles. The fraction of sp³-hybridized carbons (Fsp3) is 0.417. The van der Waals surface area contributed by atoms with Crippen LogP contribution in [-0.4, -0.2) is 48.9 Å². The van der Waals surface area contributed by atoms with Crippen molar-refractivity contribution in [1.29, 1.82) is 0 Å². The number of carbonyl (C=O) groups excluding carboxylic acids is 1. The second kappa shape index (κ2) is 6.38. The summed E-state index contributed by atoms with van der Waals surface area (Å²) in [5.41, 5.74) is 0.763. The van der Waals surface area contributed by atoms with Crippen LogP contribution in [0, 0.1) is 0 Å². The zero-order valence-corrected chi connectivity index (χ0v) is 12.0. The lowest BCUT2D eigenvalue weighted by Crippen LogP contribution is -3.00. The van der Waals surface area contributed by atoms with Crippen molar-refractivity contribution in [3.05, 3.63) is 34.3 Å². The summed E-state index contributed by atoms with van der Waals surface area (Å²) >= 11 is 3.39. The van der Waals surface area contributed by atoms with Gasteiger partial charge in [0.25, 0.3) is 5.91 Å². The maximum absolute atomic E-state index is 12.1. The van der Waals surface area contributed by atoms with Gasteiger partial charge in [-0.15, -0.1) is 0 Å². The Balaban J connectivity index is 0.00000144. The van der Waals surface area contributed by atoms with E-state index < -0.39 is 0 Å². The largest absolute Gasteiger partial charge is 1.00 e. The van der Waals surface area contributed by atoms with Crippen LogP contribution in [0.1, 0.15) is 10.4 Å². The van der Waals surface area contributed by atoms with E-state index in [9.17, 15) is 4.79 Å². The van der Waals surface area contributed by atoms with E-state index in [1.807, 2.05) is 29.2 Å². The molecule has 0 aliphatic carbocycles. The average Bonchev–Trinajstić information content (AvgIpc) is 2.29. The van der Waals surface area contributed by atoms with Crippen LogP contribution in [0.25, 0.3) is 0 Å².